The van der Waals surface area contributed by atoms with Crippen LogP contribution in [0.5, 0.6) is 0 Å². The quantitative estimate of drug-likeness (QED) is 0.632. The van der Waals surface area contributed by atoms with E-state index in [0.717, 1.165) is 19.4 Å². The van der Waals surface area contributed by atoms with Crippen molar-refractivity contribution in [3.05, 3.63) is 0 Å². The number of carbonyl (C=O) groups excluding carboxylic acids is 1. The van der Waals surface area contributed by atoms with Crippen LogP contribution in [0.25, 0.3) is 0 Å². The fourth-order valence-corrected chi connectivity index (χ4v) is 1.54. The summed E-state index contributed by atoms with van der Waals surface area (Å²) in [6.07, 6.45) is 2.02. The van der Waals surface area contributed by atoms with Crippen molar-refractivity contribution in [2.24, 2.45) is 0 Å². The fourth-order valence-electron chi connectivity index (χ4n) is 1.54. The van der Waals surface area contributed by atoms with Gasteiger partial charge in [-0.1, -0.05) is 0 Å². The van der Waals surface area contributed by atoms with Crippen molar-refractivity contribution >= 4 is 5.97 Å². The Morgan fingerprint density at radius 2 is 2.47 bits per heavy atom. The van der Waals surface area contributed by atoms with Gasteiger partial charge in [-0.25, -0.2) is 4.79 Å². The summed E-state index contributed by atoms with van der Waals surface area (Å²) in [5, 5.41) is 12.8. The van der Waals surface area contributed by atoms with Crippen LogP contribution in [0.15, 0.2) is 0 Å². The highest BCUT2D eigenvalue weighted by molar-refractivity contribution is 5.78. The molecule has 1 heterocycles. The molecule has 0 saturated carbocycles. The van der Waals surface area contributed by atoms with E-state index in [9.17, 15) is 9.90 Å². The van der Waals surface area contributed by atoms with E-state index in [4.69, 9.17) is 4.74 Å². The normalized spacial score (nSPS) is 25.7. The van der Waals surface area contributed by atoms with Crippen molar-refractivity contribution in [1.29, 1.82) is 0 Å². The molecule has 5 nitrogen and oxygen atoms in total. The molecule has 0 aliphatic carbocycles. The molecular formula is C10H19NO4. The van der Waals surface area contributed by atoms with Crippen LogP contribution in [0.3, 0.4) is 0 Å². The van der Waals surface area contributed by atoms with Gasteiger partial charge in [-0.3, -0.25) is 0 Å². The van der Waals surface area contributed by atoms with E-state index < -0.39 is 11.6 Å². The molecule has 15 heavy (non-hydrogen) atoms. The lowest BCUT2D eigenvalue weighted by molar-refractivity contribution is -0.160. The summed E-state index contributed by atoms with van der Waals surface area (Å²) in [5.74, 6) is -0.619. The predicted molar refractivity (Wildman–Crippen MR) is 54.5 cm³/mol. The molecule has 0 spiro atoms. The van der Waals surface area contributed by atoms with Crippen molar-refractivity contribution in [3.8, 4) is 0 Å². The molecule has 1 aliphatic heterocycles. The molecule has 0 aromatic carbocycles. The Kier molecular flexibility index (Phi) is 4.50. The Hall–Kier alpha value is -0.650. The van der Waals surface area contributed by atoms with Gasteiger partial charge in [-0.15, -0.1) is 0 Å². The highest BCUT2D eigenvalue weighted by atomic mass is 16.5. The van der Waals surface area contributed by atoms with Gasteiger partial charge in [0.25, 0.3) is 0 Å². The molecule has 5 heteroatoms. The zero-order chi connectivity index (χ0) is 11.3. The molecule has 1 fully saturated rings. The van der Waals surface area contributed by atoms with Gasteiger partial charge >= 0.3 is 5.97 Å². The van der Waals surface area contributed by atoms with E-state index >= 15 is 0 Å². The molecule has 0 amide bonds. The van der Waals surface area contributed by atoms with Gasteiger partial charge < -0.3 is 19.9 Å². The van der Waals surface area contributed by atoms with E-state index in [1.807, 2.05) is 0 Å². The molecule has 0 aromatic heterocycles. The Bertz CT molecular complexity index is 211. The van der Waals surface area contributed by atoms with Crippen LogP contribution < -0.4 is 5.32 Å². The van der Waals surface area contributed by atoms with Crippen LogP contribution in [0.2, 0.25) is 0 Å². The average Bonchev–Trinajstić information content (AvgIpc) is 2.27. The first kappa shape index (κ1) is 12.4. The van der Waals surface area contributed by atoms with Crippen molar-refractivity contribution < 1.29 is 19.4 Å². The van der Waals surface area contributed by atoms with E-state index in [2.05, 4.69) is 10.1 Å². The fraction of sp³-hybridized carbons (Fsp3) is 0.900. The van der Waals surface area contributed by atoms with Crippen molar-refractivity contribution in [2.45, 2.75) is 31.4 Å². The highest BCUT2D eigenvalue weighted by Crippen LogP contribution is 2.09. The smallest absolute Gasteiger partial charge is 0.338 e. The summed E-state index contributed by atoms with van der Waals surface area (Å²) in [6.45, 7) is 3.06. The Morgan fingerprint density at radius 1 is 1.73 bits per heavy atom. The highest BCUT2D eigenvalue weighted by Gasteiger charge is 2.32. The van der Waals surface area contributed by atoms with Crippen LogP contribution in [0.1, 0.15) is 19.8 Å². The molecule has 2 N–H and O–H groups in total. The molecule has 0 bridgehead atoms. The number of esters is 1. The summed E-state index contributed by atoms with van der Waals surface area (Å²) in [5.41, 5.74) is -1.47. The molecule has 0 radical (unpaired) electrons. The molecule has 0 aromatic rings. The van der Waals surface area contributed by atoms with E-state index in [1.165, 1.54) is 14.0 Å². The average molecular weight is 217 g/mol. The Labute approximate surface area is 89.8 Å². The van der Waals surface area contributed by atoms with Gasteiger partial charge in [-0.05, 0) is 19.8 Å². The third-order valence-corrected chi connectivity index (χ3v) is 2.52. The summed E-state index contributed by atoms with van der Waals surface area (Å²) in [6, 6.07) is 0.217. The number of methoxy groups -OCH3 is 1. The van der Waals surface area contributed by atoms with Gasteiger partial charge in [-0.2, -0.15) is 0 Å². The number of hydrogen-bond donors (Lipinski definition) is 2. The number of hydrogen-bond acceptors (Lipinski definition) is 5. The lowest BCUT2D eigenvalue weighted by Crippen LogP contribution is -2.50. The van der Waals surface area contributed by atoms with Gasteiger partial charge in [0.2, 0.25) is 0 Å². The summed E-state index contributed by atoms with van der Waals surface area (Å²) in [7, 11) is 1.26. The van der Waals surface area contributed by atoms with E-state index in [0.29, 0.717) is 6.61 Å². The first-order valence-corrected chi connectivity index (χ1v) is 5.18. The van der Waals surface area contributed by atoms with Crippen LogP contribution in [0, 0.1) is 0 Å². The van der Waals surface area contributed by atoms with Crippen molar-refractivity contribution in [2.75, 3.05) is 26.9 Å². The molecule has 2 atom stereocenters. The Balaban J connectivity index is 2.31. The van der Waals surface area contributed by atoms with Gasteiger partial charge in [0.05, 0.1) is 13.7 Å². The second-order valence-corrected chi connectivity index (χ2v) is 4.06. The molecule has 1 saturated heterocycles. The number of carbonyl (C=O) groups is 1. The Morgan fingerprint density at radius 3 is 3.00 bits per heavy atom. The molecule has 2 unspecified atom stereocenters. The number of nitrogens with one attached hydrogen (secondary N) is 1. The first-order valence-electron chi connectivity index (χ1n) is 5.18. The molecular weight excluding hydrogens is 198 g/mol. The van der Waals surface area contributed by atoms with E-state index in [1.54, 1.807) is 0 Å². The second kappa shape index (κ2) is 5.44. The number of ether oxygens (including phenoxy) is 2. The van der Waals surface area contributed by atoms with Gasteiger partial charge in [0.15, 0.2) is 5.60 Å². The minimum absolute atomic E-state index is 0.188. The minimum Gasteiger partial charge on any atom is -0.467 e. The lowest BCUT2D eigenvalue weighted by Gasteiger charge is -2.27. The monoisotopic (exact) mass is 217 g/mol. The van der Waals surface area contributed by atoms with Crippen molar-refractivity contribution in [3.63, 3.8) is 0 Å². The maximum absolute atomic E-state index is 11.2. The zero-order valence-electron chi connectivity index (χ0n) is 9.28. The first-order chi connectivity index (χ1) is 7.06. The van der Waals surface area contributed by atoms with Crippen LogP contribution in [0.4, 0.5) is 0 Å². The second-order valence-electron chi connectivity index (χ2n) is 4.06. The molecule has 88 valence electrons. The molecule has 1 aliphatic rings. The maximum Gasteiger partial charge on any atom is 0.338 e. The largest absolute Gasteiger partial charge is 0.467 e. The summed E-state index contributed by atoms with van der Waals surface area (Å²) in [4.78, 5) is 11.2. The molecule has 1 rings (SSSR count). The standard InChI is InChI=1S/C10H19NO4/c1-10(13,9(12)14-2)7-11-8-4-3-5-15-6-8/h8,11,13H,3-7H2,1-2H3. The third-order valence-electron chi connectivity index (χ3n) is 2.52. The number of rotatable bonds is 4. The van der Waals surface area contributed by atoms with Gasteiger partial charge in [0.1, 0.15) is 0 Å². The van der Waals surface area contributed by atoms with Crippen molar-refractivity contribution in [1.82, 2.24) is 5.32 Å². The maximum atomic E-state index is 11.2. The van der Waals surface area contributed by atoms with Crippen LogP contribution in [-0.4, -0.2) is 49.6 Å². The lowest BCUT2D eigenvalue weighted by atomic mass is 10.1. The minimum atomic E-state index is -1.47. The SMILES string of the molecule is COC(=O)C(C)(O)CNC1CCCOC1. The third kappa shape index (κ3) is 3.77. The summed E-state index contributed by atoms with van der Waals surface area (Å²) < 4.78 is 9.77. The van der Waals surface area contributed by atoms with Gasteiger partial charge in [0, 0.05) is 19.2 Å². The van der Waals surface area contributed by atoms with Crippen LogP contribution >= 0.6 is 0 Å². The predicted octanol–water partition coefficient (Wildman–Crippen LogP) is -0.321. The van der Waals surface area contributed by atoms with Crippen LogP contribution in [-0.2, 0) is 14.3 Å². The number of aliphatic hydroxyl groups is 1. The topological polar surface area (TPSA) is 67.8 Å². The summed E-state index contributed by atoms with van der Waals surface area (Å²) >= 11 is 0. The van der Waals surface area contributed by atoms with E-state index in [-0.39, 0.29) is 12.6 Å². The zero-order valence-corrected chi connectivity index (χ0v) is 9.28.